The number of nitrogens with zero attached hydrogens (tertiary/aromatic N) is 4. The molecule has 2 unspecified atom stereocenters. The molecule has 7 aliphatic rings. The number of hydrogen-bond donors (Lipinski definition) is 0. The molecule has 0 amide bonds. The van der Waals surface area contributed by atoms with E-state index in [0.29, 0.717) is 0 Å². The summed E-state index contributed by atoms with van der Waals surface area (Å²) in [5, 5.41) is 33.4. The monoisotopic (exact) mass is 1030 g/mol. The van der Waals surface area contributed by atoms with Gasteiger partial charge in [-0.1, -0.05) is 198 Å². The van der Waals surface area contributed by atoms with Gasteiger partial charge in [0.2, 0.25) is 0 Å². The second-order valence-electron chi connectivity index (χ2n) is 28.5. The molecule has 4 heterocycles. The average molecular weight is 1030 g/mol. The van der Waals surface area contributed by atoms with Crippen LogP contribution in [0.2, 0.25) is 0 Å². The Bertz CT molecular complexity index is 5080. The molecule has 4 aromatic heterocycles. The third-order valence-electron chi connectivity index (χ3n) is 20.1. The third-order valence-corrected chi connectivity index (χ3v) is 20.1. The van der Waals surface area contributed by atoms with Gasteiger partial charge in [-0.25, -0.2) is 0 Å². The SMILES string of the molecule is CC(C)(C)c1cc(C(C)(C)C)c2c3c4c(c(C#N)cc3n3c5cc6c7c(C(C)(C)C)cc(C(C)(C)C)c8c9c%10c(c(C#N)cc9n(c6cc5c1c23)c78)C1c2ccccc2C%10c2ccccc21)C12C=CC=CC(=C1)C4c1ccccc12. The normalized spacial score (nSPS) is 19.9. The number of allylic oxidation sites excluding steroid dienone is 6. The minimum absolute atomic E-state index is 0.0162. The van der Waals surface area contributed by atoms with Gasteiger partial charge in [0, 0.05) is 60.8 Å². The fraction of sp³-hybridized carbons (Fsp3) is 0.263. The summed E-state index contributed by atoms with van der Waals surface area (Å²) >= 11 is 0. The molecule has 5 bridgehead atoms. The van der Waals surface area contributed by atoms with Gasteiger partial charge in [-0.2, -0.15) is 10.5 Å². The highest BCUT2D eigenvalue weighted by molar-refractivity contribution is 6.32. The predicted octanol–water partition coefficient (Wildman–Crippen LogP) is 18.7. The van der Waals surface area contributed by atoms with E-state index >= 15 is 0 Å². The third kappa shape index (κ3) is 5.25. The molecule has 0 saturated carbocycles. The molecular formula is C76H62N4. The van der Waals surface area contributed by atoms with Gasteiger partial charge in [0.25, 0.3) is 0 Å². The van der Waals surface area contributed by atoms with Gasteiger partial charge in [0.1, 0.15) is 0 Å². The lowest BCUT2D eigenvalue weighted by molar-refractivity contribution is 0.576. The van der Waals surface area contributed by atoms with E-state index in [1.807, 2.05) is 0 Å². The van der Waals surface area contributed by atoms with Gasteiger partial charge >= 0.3 is 0 Å². The highest BCUT2D eigenvalue weighted by Gasteiger charge is 2.51. The van der Waals surface area contributed by atoms with Gasteiger partial charge in [0.05, 0.1) is 61.8 Å². The molecule has 80 heavy (non-hydrogen) atoms. The molecule has 0 saturated heterocycles. The Balaban J connectivity index is 1.11. The minimum Gasteiger partial charge on any atom is -0.308 e. The van der Waals surface area contributed by atoms with E-state index in [0.717, 1.165) is 27.7 Å². The van der Waals surface area contributed by atoms with Gasteiger partial charge in [-0.15, -0.1) is 0 Å². The van der Waals surface area contributed by atoms with E-state index in [4.69, 9.17) is 0 Å². The van der Waals surface area contributed by atoms with Gasteiger partial charge in [-0.3, -0.25) is 0 Å². The Kier molecular flexibility index (Phi) is 8.30. The highest BCUT2D eigenvalue weighted by atomic mass is 14.9. The molecule has 4 heteroatoms. The number of aromatic nitrogens is 2. The largest absolute Gasteiger partial charge is 0.308 e. The van der Waals surface area contributed by atoms with Crippen molar-refractivity contribution in [3.05, 3.63) is 234 Å². The lowest BCUT2D eigenvalue weighted by Crippen LogP contribution is -2.37. The van der Waals surface area contributed by atoms with Crippen LogP contribution in [-0.4, -0.2) is 8.80 Å². The molecule has 4 nitrogen and oxygen atoms in total. The summed E-state index contributed by atoms with van der Waals surface area (Å²) in [6.45, 7) is 28.6. The van der Waals surface area contributed by atoms with Crippen LogP contribution >= 0.6 is 0 Å². The van der Waals surface area contributed by atoms with Crippen molar-refractivity contribution in [1.29, 1.82) is 10.5 Å². The molecular weight excluding hydrogens is 969 g/mol. The second-order valence-corrected chi connectivity index (χ2v) is 28.5. The molecule has 0 N–H and O–H groups in total. The summed E-state index contributed by atoms with van der Waals surface area (Å²) in [6, 6.07) is 47.6. The second kappa shape index (κ2) is 14.3. The highest BCUT2D eigenvalue weighted by Crippen LogP contribution is 2.64. The lowest BCUT2D eigenvalue weighted by Gasteiger charge is -2.46. The number of benzene rings is 8. The first-order chi connectivity index (χ1) is 38.2. The van der Waals surface area contributed by atoms with Gasteiger partial charge in [-0.05, 0) is 129 Å². The van der Waals surface area contributed by atoms with E-state index in [-0.39, 0.29) is 39.4 Å². The van der Waals surface area contributed by atoms with Crippen LogP contribution in [0.1, 0.15) is 190 Å². The molecule has 0 fully saturated rings. The fourth-order valence-electron chi connectivity index (χ4n) is 17.1. The first-order valence-corrected chi connectivity index (χ1v) is 29.0. The molecule has 0 radical (unpaired) electrons. The summed E-state index contributed by atoms with van der Waals surface area (Å²) < 4.78 is 5.22. The van der Waals surface area contributed by atoms with Crippen LogP contribution in [0.5, 0.6) is 0 Å². The van der Waals surface area contributed by atoms with Crippen LogP contribution in [0.4, 0.5) is 0 Å². The average Bonchev–Trinajstić information content (AvgIpc) is 3.53. The topological polar surface area (TPSA) is 56.4 Å². The minimum atomic E-state index is -0.576. The van der Waals surface area contributed by atoms with E-state index in [1.165, 1.54) is 143 Å². The number of hydrogen-bond acceptors (Lipinski definition) is 2. The van der Waals surface area contributed by atoms with Crippen molar-refractivity contribution in [1.82, 2.24) is 8.80 Å². The molecule has 0 aliphatic heterocycles. The van der Waals surface area contributed by atoms with Crippen molar-refractivity contribution in [3.8, 4) is 12.1 Å². The fourth-order valence-corrected chi connectivity index (χ4v) is 17.1. The maximum absolute atomic E-state index is 11.6. The zero-order valence-corrected chi connectivity index (χ0v) is 47.8. The summed E-state index contributed by atoms with van der Waals surface area (Å²) in [5.74, 6) is -0.0810. The number of fused-ring (bicyclic) bond motifs is 12. The Hall–Kier alpha value is -8.44. The molecule has 2 atom stereocenters. The molecule has 12 aromatic rings. The standard InChI is InChI=1S/C76H62N4/c1-72(2,3)49-33-51(74(7,8)9)63-65-55(29-39(36-77)58-59-41-22-13-15-24-43(41)60(67(58)65)44-25-16-14-23-42(44)59)79-53-31-47-54(32-46(53)61(49)70(63)79)80-56-30-40(37-78)69-68(57-38-21-19-20-28-76(69,35-38)48-27-18-17-26-45(48)57)66(56)64-52(75(10,11)12)34-50(73(4,5)6)62(47)71(64)80/h13-35,57,59-60H,1-12H3. The van der Waals surface area contributed by atoms with Crippen LogP contribution in [0, 0.1) is 22.7 Å². The summed E-state index contributed by atoms with van der Waals surface area (Å²) in [6.07, 6.45) is 11.5. The van der Waals surface area contributed by atoms with E-state index in [1.54, 1.807) is 0 Å². The zero-order valence-electron chi connectivity index (χ0n) is 47.8. The Morgan fingerprint density at radius 2 is 0.863 bits per heavy atom. The number of nitriles is 2. The summed E-state index contributed by atoms with van der Waals surface area (Å²) in [4.78, 5) is 0. The Morgan fingerprint density at radius 1 is 0.425 bits per heavy atom. The smallest absolute Gasteiger partial charge is 0.0996 e. The van der Waals surface area contributed by atoms with Crippen molar-refractivity contribution < 1.29 is 0 Å². The van der Waals surface area contributed by atoms with Crippen molar-refractivity contribution in [3.63, 3.8) is 0 Å². The summed E-state index contributed by atoms with van der Waals surface area (Å²) in [7, 11) is 0. The van der Waals surface area contributed by atoms with Crippen molar-refractivity contribution >= 4 is 76.2 Å². The first kappa shape index (κ1) is 46.5. The van der Waals surface area contributed by atoms with Crippen molar-refractivity contribution in [2.45, 2.75) is 128 Å². The van der Waals surface area contributed by atoms with Crippen molar-refractivity contribution in [2.75, 3.05) is 0 Å². The van der Waals surface area contributed by atoms with Crippen molar-refractivity contribution in [2.24, 2.45) is 0 Å². The van der Waals surface area contributed by atoms with E-state index in [9.17, 15) is 10.5 Å². The molecule has 1 spiro atoms. The van der Waals surface area contributed by atoms with E-state index < -0.39 is 5.41 Å². The number of rotatable bonds is 0. The van der Waals surface area contributed by atoms with Gasteiger partial charge < -0.3 is 8.80 Å². The predicted molar refractivity (Wildman–Crippen MR) is 330 cm³/mol. The first-order valence-electron chi connectivity index (χ1n) is 29.0. The maximum atomic E-state index is 11.6. The van der Waals surface area contributed by atoms with E-state index in [2.05, 4.69) is 244 Å². The van der Waals surface area contributed by atoms with Crippen LogP contribution < -0.4 is 0 Å². The summed E-state index contributed by atoms with van der Waals surface area (Å²) in [5.41, 5.74) is 26.6. The zero-order chi connectivity index (χ0) is 55.0. The van der Waals surface area contributed by atoms with Crippen LogP contribution in [0.15, 0.2) is 145 Å². The Labute approximate surface area is 467 Å². The molecule has 7 aliphatic carbocycles. The maximum Gasteiger partial charge on any atom is 0.0996 e. The van der Waals surface area contributed by atoms with Gasteiger partial charge in [0.15, 0.2) is 0 Å². The van der Waals surface area contributed by atoms with Crippen LogP contribution in [-0.2, 0) is 27.1 Å². The molecule has 386 valence electrons. The van der Waals surface area contributed by atoms with Crippen LogP contribution in [0.3, 0.4) is 0 Å². The quantitative estimate of drug-likeness (QED) is 0.152. The molecule has 19 rings (SSSR count). The van der Waals surface area contributed by atoms with Crippen LogP contribution in [0.25, 0.3) is 76.2 Å². The Morgan fingerprint density at radius 3 is 1.35 bits per heavy atom. The molecule has 8 aromatic carbocycles. The lowest BCUT2D eigenvalue weighted by atomic mass is 9.55.